The van der Waals surface area contributed by atoms with Gasteiger partial charge in [0.15, 0.2) is 6.10 Å². The van der Waals surface area contributed by atoms with Crippen LogP contribution in [-0.4, -0.2) is 68.8 Å². The molecule has 2 aromatic rings. The van der Waals surface area contributed by atoms with E-state index in [-0.39, 0.29) is 48.4 Å². The maximum Gasteiger partial charge on any atom is 0.513 e. The van der Waals surface area contributed by atoms with Crippen molar-refractivity contribution in [3.8, 4) is 11.5 Å². The summed E-state index contributed by atoms with van der Waals surface area (Å²) in [7, 11) is 0. The van der Waals surface area contributed by atoms with E-state index < -0.39 is 30.2 Å². The third kappa shape index (κ3) is 7.67. The zero-order valence-corrected chi connectivity index (χ0v) is 21.9. The summed E-state index contributed by atoms with van der Waals surface area (Å²) in [6.45, 7) is 6.49. The van der Waals surface area contributed by atoms with E-state index in [2.05, 4.69) is 6.58 Å². The van der Waals surface area contributed by atoms with Crippen molar-refractivity contribution in [1.29, 1.82) is 0 Å². The molecule has 2 heterocycles. The predicted molar refractivity (Wildman–Crippen MR) is 138 cm³/mol. The largest absolute Gasteiger partial charge is 0.513 e. The topological polar surface area (TPSA) is 133 Å². The van der Waals surface area contributed by atoms with Crippen molar-refractivity contribution in [2.24, 2.45) is 5.92 Å². The van der Waals surface area contributed by atoms with Crippen LogP contribution in [0.15, 0.2) is 61.2 Å². The number of benzene rings is 2. The van der Waals surface area contributed by atoms with Crippen LogP contribution in [-0.2, 0) is 28.5 Å². The zero-order chi connectivity index (χ0) is 28.5. The number of ether oxygens (including phenoxy) is 7. The molecule has 0 unspecified atom stereocenters. The van der Waals surface area contributed by atoms with Crippen LogP contribution in [0.25, 0.3) is 0 Å². The molecule has 4 atom stereocenters. The number of carbonyl (C=O) groups excluding carboxylic acids is 4. The molecule has 0 spiro atoms. The Labute approximate surface area is 230 Å². The van der Waals surface area contributed by atoms with Gasteiger partial charge in [0.2, 0.25) is 0 Å². The van der Waals surface area contributed by atoms with Gasteiger partial charge in [0.1, 0.15) is 17.6 Å². The molecule has 0 radical (unpaired) electrons. The van der Waals surface area contributed by atoms with Gasteiger partial charge in [0, 0.05) is 12.0 Å². The monoisotopic (exact) mass is 554 g/mol. The van der Waals surface area contributed by atoms with E-state index >= 15 is 0 Å². The van der Waals surface area contributed by atoms with Crippen molar-refractivity contribution in [2.45, 2.75) is 38.1 Å². The highest BCUT2D eigenvalue weighted by Gasteiger charge is 2.47. The van der Waals surface area contributed by atoms with Gasteiger partial charge < -0.3 is 33.2 Å². The minimum absolute atomic E-state index is 0.0627. The lowest BCUT2D eigenvalue weighted by Crippen LogP contribution is -2.32. The van der Waals surface area contributed by atoms with Gasteiger partial charge >= 0.3 is 24.1 Å². The zero-order valence-electron chi connectivity index (χ0n) is 21.9. The van der Waals surface area contributed by atoms with E-state index in [1.807, 2.05) is 6.92 Å². The maximum absolute atomic E-state index is 12.6. The van der Waals surface area contributed by atoms with Crippen LogP contribution in [0.2, 0.25) is 0 Å². The SMILES string of the molecule is C=CC(=O)OCCCCOC(=O)Oc1ccc(C(=O)Oc2ccc(C(=O)O[C@H]3CO[C@H]4[C@H]3OC[C@H]4C)cc2)cc1. The summed E-state index contributed by atoms with van der Waals surface area (Å²) in [5.74, 6) is -0.984. The second-order valence-corrected chi connectivity index (χ2v) is 9.23. The Morgan fingerprint density at radius 1 is 0.800 bits per heavy atom. The van der Waals surface area contributed by atoms with Crippen LogP contribution in [0.1, 0.15) is 40.5 Å². The minimum Gasteiger partial charge on any atom is -0.463 e. The van der Waals surface area contributed by atoms with Gasteiger partial charge in [-0.25, -0.2) is 19.2 Å². The molecule has 40 heavy (non-hydrogen) atoms. The van der Waals surface area contributed by atoms with Crippen LogP contribution in [0, 0.1) is 5.92 Å². The van der Waals surface area contributed by atoms with Crippen LogP contribution in [0.3, 0.4) is 0 Å². The van der Waals surface area contributed by atoms with Crippen molar-refractivity contribution < 1.29 is 52.3 Å². The predicted octanol–water partition coefficient (Wildman–Crippen LogP) is 3.89. The molecular weight excluding hydrogens is 524 g/mol. The van der Waals surface area contributed by atoms with E-state index in [1.165, 1.54) is 48.5 Å². The van der Waals surface area contributed by atoms with Gasteiger partial charge in [-0.1, -0.05) is 13.5 Å². The number of esters is 3. The Hall–Kier alpha value is -4.22. The second-order valence-electron chi connectivity index (χ2n) is 9.23. The fourth-order valence-corrected chi connectivity index (χ4v) is 4.16. The molecular formula is C29H30O11. The number of hydrogen-bond acceptors (Lipinski definition) is 11. The molecule has 0 bridgehead atoms. The fraction of sp³-hybridized carbons (Fsp3) is 0.379. The number of unbranched alkanes of at least 4 members (excludes halogenated alkanes) is 1. The maximum atomic E-state index is 12.6. The Morgan fingerprint density at radius 2 is 1.38 bits per heavy atom. The fourth-order valence-electron chi connectivity index (χ4n) is 4.16. The molecule has 2 aliphatic rings. The van der Waals surface area contributed by atoms with E-state index in [0.717, 1.165) is 6.08 Å². The number of carbonyl (C=O) groups is 4. The van der Waals surface area contributed by atoms with Crippen LogP contribution >= 0.6 is 0 Å². The van der Waals surface area contributed by atoms with Gasteiger partial charge in [-0.15, -0.1) is 0 Å². The number of hydrogen-bond donors (Lipinski definition) is 0. The molecule has 212 valence electrons. The molecule has 0 aromatic heterocycles. The van der Waals surface area contributed by atoms with Gasteiger partial charge in [0.05, 0.1) is 43.7 Å². The second kappa shape index (κ2) is 13.7. The molecule has 0 amide bonds. The van der Waals surface area contributed by atoms with E-state index in [0.29, 0.717) is 31.6 Å². The molecule has 2 fully saturated rings. The average molecular weight is 555 g/mol. The first-order valence-corrected chi connectivity index (χ1v) is 12.8. The Kier molecular flexibility index (Phi) is 9.87. The standard InChI is InChI=1S/C29H30O11/c1-3-24(30)34-14-4-5-15-35-29(33)39-22-12-8-19(9-13-22)27(31)38-21-10-6-20(7-11-21)28(32)40-23-17-37-25-18(2)16-36-26(23)25/h3,6-13,18,23,25-26H,1,4-5,14-17H2,2H3/t18-,23+,25-,26+/m1/s1. The molecule has 2 saturated heterocycles. The van der Waals surface area contributed by atoms with E-state index in [9.17, 15) is 19.2 Å². The quantitative estimate of drug-likeness (QED) is 0.100. The molecule has 0 N–H and O–H groups in total. The summed E-state index contributed by atoms with van der Waals surface area (Å²) < 4.78 is 37.2. The van der Waals surface area contributed by atoms with Crippen molar-refractivity contribution in [1.82, 2.24) is 0 Å². The molecule has 4 rings (SSSR count). The summed E-state index contributed by atoms with van der Waals surface area (Å²) in [5.41, 5.74) is 0.527. The van der Waals surface area contributed by atoms with Crippen LogP contribution in [0.5, 0.6) is 11.5 Å². The molecule has 11 nitrogen and oxygen atoms in total. The lowest BCUT2D eigenvalue weighted by Gasteiger charge is -2.16. The highest BCUT2D eigenvalue weighted by atomic mass is 16.7. The Bertz CT molecular complexity index is 1210. The number of rotatable bonds is 11. The average Bonchev–Trinajstić information content (AvgIpc) is 3.53. The van der Waals surface area contributed by atoms with Crippen molar-refractivity contribution in [2.75, 3.05) is 26.4 Å². The third-order valence-corrected chi connectivity index (χ3v) is 6.28. The minimum atomic E-state index is -0.900. The first-order chi connectivity index (χ1) is 19.3. The molecule has 11 heteroatoms. The molecule has 2 aliphatic heterocycles. The van der Waals surface area contributed by atoms with Gasteiger partial charge in [0.25, 0.3) is 0 Å². The molecule has 2 aromatic carbocycles. The first kappa shape index (κ1) is 28.8. The van der Waals surface area contributed by atoms with Crippen molar-refractivity contribution in [3.05, 3.63) is 72.3 Å². The summed E-state index contributed by atoms with van der Waals surface area (Å²) in [5, 5.41) is 0. The van der Waals surface area contributed by atoms with Gasteiger partial charge in [-0.2, -0.15) is 0 Å². The third-order valence-electron chi connectivity index (χ3n) is 6.28. The van der Waals surface area contributed by atoms with Crippen LogP contribution in [0.4, 0.5) is 4.79 Å². The Morgan fingerprint density at radius 3 is 2.02 bits per heavy atom. The smallest absolute Gasteiger partial charge is 0.463 e. The molecule has 0 saturated carbocycles. The van der Waals surface area contributed by atoms with Gasteiger partial charge in [-0.3, -0.25) is 0 Å². The first-order valence-electron chi connectivity index (χ1n) is 12.8. The summed E-state index contributed by atoms with van der Waals surface area (Å²) in [6.07, 6.45) is 0.390. The summed E-state index contributed by atoms with van der Waals surface area (Å²) in [4.78, 5) is 47.8. The summed E-state index contributed by atoms with van der Waals surface area (Å²) >= 11 is 0. The van der Waals surface area contributed by atoms with Crippen molar-refractivity contribution in [3.63, 3.8) is 0 Å². The normalized spacial score (nSPS) is 21.1. The lowest BCUT2D eigenvalue weighted by atomic mass is 10.0. The number of fused-ring (bicyclic) bond motifs is 1. The summed E-state index contributed by atoms with van der Waals surface area (Å²) in [6, 6.07) is 11.7. The molecule has 0 aliphatic carbocycles. The Balaban J connectivity index is 1.18. The highest BCUT2D eigenvalue weighted by Crippen LogP contribution is 2.32. The lowest BCUT2D eigenvalue weighted by molar-refractivity contribution is -0.137. The van der Waals surface area contributed by atoms with E-state index in [1.54, 1.807) is 0 Å². The highest BCUT2D eigenvalue weighted by molar-refractivity contribution is 5.92. The van der Waals surface area contributed by atoms with E-state index in [4.69, 9.17) is 33.2 Å². The van der Waals surface area contributed by atoms with Crippen molar-refractivity contribution >= 4 is 24.1 Å². The van der Waals surface area contributed by atoms with Gasteiger partial charge in [-0.05, 0) is 61.4 Å². The van der Waals surface area contributed by atoms with Crippen LogP contribution < -0.4 is 9.47 Å².